The van der Waals surface area contributed by atoms with Crippen LogP contribution in [0.4, 0.5) is 0 Å². The molecule has 0 fully saturated rings. The molecule has 0 radical (unpaired) electrons. The van der Waals surface area contributed by atoms with Crippen molar-refractivity contribution in [2.75, 3.05) is 6.61 Å². The van der Waals surface area contributed by atoms with Gasteiger partial charge in [-0.05, 0) is 37.0 Å². The molecule has 0 aliphatic rings. The fourth-order valence-corrected chi connectivity index (χ4v) is 3.75. The van der Waals surface area contributed by atoms with Crippen LogP contribution in [0.1, 0.15) is 103 Å². The molecule has 0 bridgehead atoms. The summed E-state index contributed by atoms with van der Waals surface area (Å²) in [7, 11) is 0. The number of benzene rings is 1. The Hall–Kier alpha value is -1.90. The molecule has 3 heteroatoms. The summed E-state index contributed by atoms with van der Waals surface area (Å²) in [6.45, 7) is 5.29. The zero-order valence-electron chi connectivity index (χ0n) is 19.4. The molecule has 0 saturated heterocycles. The maximum absolute atomic E-state index is 6.09. The van der Waals surface area contributed by atoms with Gasteiger partial charge in [0, 0.05) is 12.4 Å². The lowest BCUT2D eigenvalue weighted by molar-refractivity contribution is 0.305. The van der Waals surface area contributed by atoms with Crippen molar-refractivity contribution in [3.05, 3.63) is 42.2 Å². The van der Waals surface area contributed by atoms with Crippen LogP contribution in [0.25, 0.3) is 11.4 Å². The summed E-state index contributed by atoms with van der Waals surface area (Å²) in [5.74, 6) is 1.66. The zero-order valence-corrected chi connectivity index (χ0v) is 19.4. The fraction of sp³-hybridized carbons (Fsp3) is 0.630. The molecule has 2 rings (SSSR count). The lowest BCUT2D eigenvalue weighted by atomic mass is 10.1. The molecule has 3 nitrogen and oxygen atoms in total. The molecule has 0 N–H and O–H groups in total. The largest absolute Gasteiger partial charge is 0.493 e. The third kappa shape index (κ3) is 9.73. The van der Waals surface area contributed by atoms with Crippen LogP contribution in [0.5, 0.6) is 5.75 Å². The normalized spacial score (nSPS) is 11.0. The van der Waals surface area contributed by atoms with Gasteiger partial charge < -0.3 is 4.74 Å². The first kappa shape index (κ1) is 24.4. The van der Waals surface area contributed by atoms with Gasteiger partial charge in [0.15, 0.2) is 5.82 Å². The molecule has 0 saturated carbocycles. The van der Waals surface area contributed by atoms with Crippen LogP contribution in [0.3, 0.4) is 0 Å². The Labute approximate surface area is 184 Å². The molecule has 0 spiro atoms. The molecule has 166 valence electrons. The van der Waals surface area contributed by atoms with Crippen LogP contribution >= 0.6 is 0 Å². The molecule has 1 heterocycles. The van der Waals surface area contributed by atoms with Gasteiger partial charge in [-0.1, -0.05) is 96.6 Å². The fourth-order valence-electron chi connectivity index (χ4n) is 3.75. The number of aryl methyl sites for hydroxylation is 1. The second kappa shape index (κ2) is 15.9. The van der Waals surface area contributed by atoms with Crippen LogP contribution in [0.2, 0.25) is 0 Å². The van der Waals surface area contributed by atoms with Crippen LogP contribution in [-0.4, -0.2) is 16.6 Å². The van der Waals surface area contributed by atoms with Crippen molar-refractivity contribution in [3.8, 4) is 17.1 Å². The first-order valence-electron chi connectivity index (χ1n) is 12.4. The molecule has 1 aromatic heterocycles. The third-order valence-electron chi connectivity index (χ3n) is 5.66. The van der Waals surface area contributed by atoms with E-state index in [-0.39, 0.29) is 0 Å². The predicted molar refractivity (Wildman–Crippen MR) is 128 cm³/mol. The highest BCUT2D eigenvalue weighted by molar-refractivity contribution is 5.63. The Morgan fingerprint density at radius 2 is 1.23 bits per heavy atom. The minimum atomic E-state index is 0.760. The Bertz CT molecular complexity index is 669. The Morgan fingerprint density at radius 1 is 0.667 bits per heavy atom. The highest BCUT2D eigenvalue weighted by atomic mass is 16.5. The minimum absolute atomic E-state index is 0.760. The standard InChI is InChI=1S/C27H42N2O/c1-3-5-7-9-10-11-13-17-21-30-26-20-16-15-19-25(26)27-28-22-24(23-29-27)18-14-12-8-6-4-2/h15-16,19-20,22-23H,3-14,17-18,21H2,1-2H3. The number of hydrogen-bond donors (Lipinski definition) is 0. The number of hydrogen-bond acceptors (Lipinski definition) is 3. The van der Waals surface area contributed by atoms with Crippen molar-refractivity contribution in [1.29, 1.82) is 0 Å². The van der Waals surface area contributed by atoms with E-state index in [1.54, 1.807) is 0 Å². The lowest BCUT2D eigenvalue weighted by Crippen LogP contribution is -2.00. The lowest BCUT2D eigenvalue weighted by Gasteiger charge is -2.11. The third-order valence-corrected chi connectivity index (χ3v) is 5.66. The number of unbranched alkanes of at least 4 members (excludes halogenated alkanes) is 11. The summed E-state index contributed by atoms with van der Waals surface area (Å²) in [5, 5.41) is 0. The Balaban J connectivity index is 1.75. The topological polar surface area (TPSA) is 35.0 Å². The zero-order chi connectivity index (χ0) is 21.3. The molecule has 0 aliphatic heterocycles. The van der Waals surface area contributed by atoms with Crippen LogP contribution in [0.15, 0.2) is 36.7 Å². The minimum Gasteiger partial charge on any atom is -0.493 e. The van der Waals surface area contributed by atoms with Crippen molar-refractivity contribution >= 4 is 0 Å². The number of aromatic nitrogens is 2. The van der Waals surface area contributed by atoms with E-state index < -0.39 is 0 Å². The van der Waals surface area contributed by atoms with Gasteiger partial charge in [-0.3, -0.25) is 0 Å². The highest BCUT2D eigenvalue weighted by Crippen LogP contribution is 2.27. The summed E-state index contributed by atoms with van der Waals surface area (Å²) in [4.78, 5) is 9.25. The van der Waals surface area contributed by atoms with Crippen molar-refractivity contribution in [2.45, 2.75) is 104 Å². The van der Waals surface area contributed by atoms with E-state index in [2.05, 4.69) is 29.9 Å². The van der Waals surface area contributed by atoms with E-state index in [1.165, 1.54) is 82.6 Å². The average Bonchev–Trinajstić information content (AvgIpc) is 2.78. The summed E-state index contributed by atoms with van der Waals surface area (Å²) in [6, 6.07) is 8.15. The Morgan fingerprint density at radius 3 is 1.90 bits per heavy atom. The average molecular weight is 411 g/mol. The maximum Gasteiger partial charge on any atom is 0.162 e. The van der Waals surface area contributed by atoms with Gasteiger partial charge in [-0.25, -0.2) is 9.97 Å². The first-order valence-corrected chi connectivity index (χ1v) is 12.4. The van der Waals surface area contributed by atoms with Gasteiger partial charge in [0.2, 0.25) is 0 Å². The smallest absolute Gasteiger partial charge is 0.162 e. The molecule has 30 heavy (non-hydrogen) atoms. The van der Waals surface area contributed by atoms with Gasteiger partial charge in [0.25, 0.3) is 0 Å². The van der Waals surface area contributed by atoms with E-state index in [4.69, 9.17) is 4.74 Å². The number of nitrogens with zero attached hydrogens (tertiary/aromatic N) is 2. The molecular weight excluding hydrogens is 368 g/mol. The molecule has 0 aliphatic carbocycles. The number of para-hydroxylation sites is 1. The highest BCUT2D eigenvalue weighted by Gasteiger charge is 2.09. The maximum atomic E-state index is 6.09. The number of rotatable bonds is 17. The van der Waals surface area contributed by atoms with Crippen molar-refractivity contribution < 1.29 is 4.74 Å². The summed E-state index contributed by atoms with van der Waals surface area (Å²) in [5.41, 5.74) is 2.22. The summed E-state index contributed by atoms with van der Waals surface area (Å²) < 4.78 is 6.09. The molecule has 0 unspecified atom stereocenters. The summed E-state index contributed by atoms with van der Waals surface area (Å²) in [6.07, 6.45) is 22.0. The van der Waals surface area contributed by atoms with Gasteiger partial charge in [0.05, 0.1) is 12.2 Å². The summed E-state index contributed by atoms with van der Waals surface area (Å²) >= 11 is 0. The van der Waals surface area contributed by atoms with Gasteiger partial charge in [-0.2, -0.15) is 0 Å². The molecule has 2 aromatic rings. The Kier molecular flexibility index (Phi) is 12.9. The second-order valence-electron chi connectivity index (χ2n) is 8.40. The first-order chi connectivity index (χ1) is 14.8. The van der Waals surface area contributed by atoms with Crippen molar-refractivity contribution in [2.24, 2.45) is 0 Å². The monoisotopic (exact) mass is 410 g/mol. The van der Waals surface area contributed by atoms with Crippen LogP contribution in [-0.2, 0) is 6.42 Å². The van der Waals surface area contributed by atoms with E-state index >= 15 is 0 Å². The van der Waals surface area contributed by atoms with Gasteiger partial charge in [-0.15, -0.1) is 0 Å². The van der Waals surface area contributed by atoms with Crippen LogP contribution < -0.4 is 4.74 Å². The van der Waals surface area contributed by atoms with E-state index in [0.29, 0.717) is 0 Å². The molecule has 1 aromatic carbocycles. The SMILES string of the molecule is CCCCCCCCCCOc1ccccc1-c1ncc(CCCCCCC)cn1. The predicted octanol–water partition coefficient (Wildman–Crippen LogP) is 8.18. The van der Waals surface area contributed by atoms with E-state index in [9.17, 15) is 0 Å². The molecular formula is C27H42N2O. The van der Waals surface area contributed by atoms with Gasteiger partial charge >= 0.3 is 0 Å². The number of ether oxygens (including phenoxy) is 1. The van der Waals surface area contributed by atoms with Crippen LogP contribution in [0, 0.1) is 0 Å². The van der Waals surface area contributed by atoms with Gasteiger partial charge in [0.1, 0.15) is 5.75 Å². The molecule has 0 amide bonds. The quantitative estimate of drug-likeness (QED) is 0.247. The second-order valence-corrected chi connectivity index (χ2v) is 8.40. The van der Waals surface area contributed by atoms with Crippen molar-refractivity contribution in [1.82, 2.24) is 9.97 Å². The van der Waals surface area contributed by atoms with E-state index in [0.717, 1.165) is 36.6 Å². The van der Waals surface area contributed by atoms with E-state index in [1.807, 2.05) is 30.6 Å². The molecule has 0 atom stereocenters. The van der Waals surface area contributed by atoms with Crippen molar-refractivity contribution in [3.63, 3.8) is 0 Å².